The summed E-state index contributed by atoms with van der Waals surface area (Å²) < 4.78 is 0. The first kappa shape index (κ1) is 15.1. The summed E-state index contributed by atoms with van der Waals surface area (Å²) in [7, 11) is 0. The molecule has 0 fully saturated rings. The van der Waals surface area contributed by atoms with Crippen molar-refractivity contribution in [3.63, 3.8) is 0 Å². The third kappa shape index (κ3) is 3.36. The van der Waals surface area contributed by atoms with Crippen LogP contribution in [-0.2, 0) is 0 Å². The molecule has 2 aliphatic carbocycles. The van der Waals surface area contributed by atoms with E-state index in [9.17, 15) is 0 Å². The minimum absolute atomic E-state index is 1.03. The lowest BCUT2D eigenvalue weighted by Gasteiger charge is -2.30. The fourth-order valence-electron chi connectivity index (χ4n) is 2.83. The summed E-state index contributed by atoms with van der Waals surface area (Å²) in [6, 6.07) is 8.42. The van der Waals surface area contributed by atoms with Gasteiger partial charge in [-0.1, -0.05) is 55.2 Å². The van der Waals surface area contributed by atoms with Gasteiger partial charge in [-0.25, -0.2) is 0 Å². The van der Waals surface area contributed by atoms with Gasteiger partial charge in [0.1, 0.15) is 0 Å². The van der Waals surface area contributed by atoms with Crippen LogP contribution in [0.2, 0.25) is 0 Å². The predicted octanol–water partition coefficient (Wildman–Crippen LogP) is 5.76. The summed E-state index contributed by atoms with van der Waals surface area (Å²) in [6.07, 6.45) is 18.7. The highest BCUT2D eigenvalue weighted by Gasteiger charge is 2.18. The largest absolute Gasteiger partial charge is 0.310 e. The summed E-state index contributed by atoms with van der Waals surface area (Å²) in [6.45, 7) is 6.54. The Morgan fingerprint density at radius 2 is 2.00 bits per heavy atom. The van der Waals surface area contributed by atoms with Crippen LogP contribution in [0.1, 0.15) is 18.4 Å². The molecule has 1 heteroatoms. The molecule has 0 unspecified atom stereocenters. The Kier molecular flexibility index (Phi) is 4.61. The van der Waals surface area contributed by atoms with E-state index in [1.54, 1.807) is 0 Å². The molecule has 0 bridgehead atoms. The summed E-state index contributed by atoms with van der Waals surface area (Å²) in [5.74, 6) is 0. The number of anilines is 1. The maximum Gasteiger partial charge on any atom is 0.0538 e. The zero-order valence-electron chi connectivity index (χ0n) is 13.5. The molecule has 2 aliphatic rings. The Labute approximate surface area is 138 Å². The van der Waals surface area contributed by atoms with Crippen molar-refractivity contribution >= 4 is 5.69 Å². The molecule has 0 heterocycles. The molecule has 114 valence electrons. The Morgan fingerprint density at radius 1 is 1.13 bits per heavy atom. The molecule has 0 spiro atoms. The number of benzene rings is 1. The van der Waals surface area contributed by atoms with Gasteiger partial charge in [-0.05, 0) is 49.1 Å². The van der Waals surface area contributed by atoms with E-state index >= 15 is 0 Å². The average Bonchev–Trinajstić information content (AvgIpc) is 2.87. The smallest absolute Gasteiger partial charge is 0.0538 e. The first-order valence-corrected chi connectivity index (χ1v) is 7.97. The minimum Gasteiger partial charge on any atom is -0.310 e. The van der Waals surface area contributed by atoms with Gasteiger partial charge >= 0.3 is 0 Å². The van der Waals surface area contributed by atoms with Crippen LogP contribution in [0.3, 0.4) is 0 Å². The highest BCUT2D eigenvalue weighted by atomic mass is 15.2. The van der Waals surface area contributed by atoms with E-state index in [4.69, 9.17) is 0 Å². The van der Waals surface area contributed by atoms with Gasteiger partial charge in [0, 0.05) is 17.5 Å². The van der Waals surface area contributed by atoms with Crippen molar-refractivity contribution < 1.29 is 0 Å². The van der Waals surface area contributed by atoms with Crippen LogP contribution in [0.15, 0.2) is 102 Å². The zero-order valence-corrected chi connectivity index (χ0v) is 13.5. The van der Waals surface area contributed by atoms with E-state index in [-0.39, 0.29) is 0 Å². The van der Waals surface area contributed by atoms with Crippen molar-refractivity contribution in [3.8, 4) is 0 Å². The summed E-state index contributed by atoms with van der Waals surface area (Å²) in [5.41, 5.74) is 8.98. The second-order valence-electron chi connectivity index (χ2n) is 5.68. The van der Waals surface area contributed by atoms with Crippen LogP contribution >= 0.6 is 0 Å². The van der Waals surface area contributed by atoms with Gasteiger partial charge in [0.05, 0.1) is 5.70 Å². The van der Waals surface area contributed by atoms with E-state index in [1.807, 2.05) is 24.3 Å². The standard InChI is InChI=1S/C22H21N/c1-18-12-10-11-17-22(18)23(21-15-8-3-4-9-16-21)19(2)20-13-6-5-7-14-20/h3-6,8,10-13,15-17H,2,7,14H2,1H3. The first-order valence-electron chi connectivity index (χ1n) is 7.97. The number of hydrogen-bond donors (Lipinski definition) is 0. The second-order valence-corrected chi connectivity index (χ2v) is 5.68. The SMILES string of the molecule is C=C(C1=CC=CCC1)N(C1=CC=CC=C=C1)c1ccccc1C. The van der Waals surface area contributed by atoms with Crippen LogP contribution in [0.25, 0.3) is 0 Å². The van der Waals surface area contributed by atoms with E-state index in [0.717, 1.165) is 29.9 Å². The number of nitrogens with zero attached hydrogens (tertiary/aromatic N) is 1. The van der Waals surface area contributed by atoms with Gasteiger partial charge in [0.25, 0.3) is 0 Å². The number of allylic oxidation sites excluding steroid dienone is 8. The summed E-state index contributed by atoms with van der Waals surface area (Å²) >= 11 is 0. The van der Waals surface area contributed by atoms with E-state index in [2.05, 4.69) is 72.7 Å². The molecule has 0 aliphatic heterocycles. The molecule has 0 N–H and O–H groups in total. The molecule has 0 saturated heterocycles. The van der Waals surface area contributed by atoms with Crippen LogP contribution in [0, 0.1) is 6.92 Å². The van der Waals surface area contributed by atoms with Gasteiger partial charge in [0.2, 0.25) is 0 Å². The lowest BCUT2D eigenvalue weighted by Crippen LogP contribution is -2.22. The molecule has 1 nitrogen and oxygen atoms in total. The van der Waals surface area contributed by atoms with Crippen LogP contribution in [0.5, 0.6) is 0 Å². The molecule has 0 amide bonds. The van der Waals surface area contributed by atoms with Gasteiger partial charge in [0.15, 0.2) is 0 Å². The maximum atomic E-state index is 4.40. The lowest BCUT2D eigenvalue weighted by molar-refractivity contribution is 0.943. The van der Waals surface area contributed by atoms with Crippen LogP contribution < -0.4 is 4.90 Å². The van der Waals surface area contributed by atoms with Crippen LogP contribution in [0.4, 0.5) is 5.69 Å². The second kappa shape index (κ2) is 7.00. The van der Waals surface area contributed by atoms with E-state index in [1.165, 1.54) is 11.1 Å². The summed E-state index contributed by atoms with van der Waals surface area (Å²) in [4.78, 5) is 2.23. The molecule has 0 aromatic heterocycles. The molecule has 0 radical (unpaired) electrons. The number of hydrogen-bond acceptors (Lipinski definition) is 1. The van der Waals surface area contributed by atoms with Crippen molar-refractivity contribution in [2.45, 2.75) is 19.8 Å². The number of rotatable bonds is 4. The van der Waals surface area contributed by atoms with Gasteiger partial charge < -0.3 is 4.90 Å². The lowest BCUT2D eigenvalue weighted by atomic mass is 10.00. The Bertz CT molecular complexity index is 793. The third-order valence-electron chi connectivity index (χ3n) is 4.07. The topological polar surface area (TPSA) is 3.24 Å². The highest BCUT2D eigenvalue weighted by molar-refractivity contribution is 5.67. The first-order chi connectivity index (χ1) is 11.3. The molecule has 1 aromatic rings. The van der Waals surface area contributed by atoms with Crippen molar-refractivity contribution in [2.24, 2.45) is 0 Å². The van der Waals surface area contributed by atoms with E-state index < -0.39 is 0 Å². The van der Waals surface area contributed by atoms with Crippen LogP contribution in [-0.4, -0.2) is 0 Å². The monoisotopic (exact) mass is 299 g/mol. The van der Waals surface area contributed by atoms with Gasteiger partial charge in [-0.3, -0.25) is 0 Å². The van der Waals surface area contributed by atoms with Crippen molar-refractivity contribution in [1.82, 2.24) is 0 Å². The minimum atomic E-state index is 1.03. The van der Waals surface area contributed by atoms with Gasteiger partial charge in [-0.2, -0.15) is 0 Å². The third-order valence-corrected chi connectivity index (χ3v) is 4.07. The van der Waals surface area contributed by atoms with E-state index in [0.29, 0.717) is 0 Å². The molecule has 3 rings (SSSR count). The van der Waals surface area contributed by atoms with Gasteiger partial charge in [-0.15, -0.1) is 5.73 Å². The maximum absolute atomic E-state index is 4.40. The molecule has 0 saturated carbocycles. The molecule has 1 aromatic carbocycles. The zero-order chi connectivity index (χ0) is 16.1. The quantitative estimate of drug-likeness (QED) is 0.639. The molecular weight excluding hydrogens is 278 g/mol. The Balaban J connectivity index is 2.09. The number of aryl methyl sites for hydroxylation is 1. The molecular formula is C22H21N. The highest BCUT2D eigenvalue weighted by Crippen LogP contribution is 2.33. The summed E-state index contributed by atoms with van der Waals surface area (Å²) in [5, 5.41) is 0. The van der Waals surface area contributed by atoms with Crippen molar-refractivity contribution in [2.75, 3.05) is 4.90 Å². The number of para-hydroxylation sites is 1. The molecule has 23 heavy (non-hydrogen) atoms. The normalized spacial score (nSPS) is 15.9. The fraction of sp³-hybridized carbons (Fsp3) is 0.136. The van der Waals surface area contributed by atoms with Crippen molar-refractivity contribution in [1.29, 1.82) is 0 Å². The predicted molar refractivity (Wildman–Crippen MR) is 99.1 cm³/mol. The van der Waals surface area contributed by atoms with Crippen molar-refractivity contribution in [3.05, 3.63) is 108 Å². The molecule has 0 atom stereocenters. The Hall–Kier alpha value is -2.76. The fourth-order valence-corrected chi connectivity index (χ4v) is 2.83. The average molecular weight is 299 g/mol. The Morgan fingerprint density at radius 3 is 2.78 bits per heavy atom.